The Balaban J connectivity index is 2.83. The van der Waals surface area contributed by atoms with Gasteiger partial charge in [-0.05, 0) is 44.5 Å². The van der Waals surface area contributed by atoms with Crippen LogP contribution in [-0.2, 0) is 4.79 Å². The summed E-state index contributed by atoms with van der Waals surface area (Å²) in [4.78, 5) is 10.4. The molecule has 1 aromatic rings. The van der Waals surface area contributed by atoms with Crippen molar-refractivity contribution in [2.75, 3.05) is 0 Å². The molecule has 0 radical (unpaired) electrons. The van der Waals surface area contributed by atoms with Crippen molar-refractivity contribution in [3.63, 3.8) is 0 Å². The first-order valence-electron chi connectivity index (χ1n) is 5.07. The van der Waals surface area contributed by atoms with Crippen LogP contribution in [0.4, 0.5) is 0 Å². The van der Waals surface area contributed by atoms with Crippen LogP contribution in [0.15, 0.2) is 30.3 Å². The lowest BCUT2D eigenvalue weighted by Crippen LogP contribution is -2.22. The molecule has 16 heavy (non-hydrogen) atoms. The van der Waals surface area contributed by atoms with Gasteiger partial charge in [0.1, 0.15) is 11.4 Å². The smallest absolute Gasteiger partial charge is 0.328 e. The minimum Gasteiger partial charge on any atom is -0.488 e. The van der Waals surface area contributed by atoms with Crippen molar-refractivity contribution >= 4 is 12.0 Å². The molecule has 0 aliphatic carbocycles. The second-order valence-electron chi connectivity index (χ2n) is 4.46. The van der Waals surface area contributed by atoms with E-state index in [1.54, 1.807) is 0 Å². The van der Waals surface area contributed by atoms with E-state index in [1.807, 2.05) is 45.0 Å². The number of carboxylic acids is 1. The third-order valence-corrected chi connectivity index (χ3v) is 1.70. The lowest BCUT2D eigenvalue weighted by Gasteiger charge is -2.21. The van der Waals surface area contributed by atoms with E-state index in [2.05, 4.69) is 0 Å². The van der Waals surface area contributed by atoms with Gasteiger partial charge in [-0.1, -0.05) is 12.1 Å². The molecule has 0 unspecified atom stereocenters. The molecule has 0 atom stereocenters. The molecule has 1 N–H and O–H groups in total. The van der Waals surface area contributed by atoms with E-state index < -0.39 is 5.97 Å². The van der Waals surface area contributed by atoms with E-state index in [9.17, 15) is 4.79 Å². The highest BCUT2D eigenvalue weighted by molar-refractivity contribution is 5.85. The van der Waals surface area contributed by atoms with Crippen LogP contribution >= 0.6 is 0 Å². The van der Waals surface area contributed by atoms with Crippen LogP contribution in [0.1, 0.15) is 26.3 Å². The van der Waals surface area contributed by atoms with Gasteiger partial charge < -0.3 is 9.84 Å². The summed E-state index contributed by atoms with van der Waals surface area (Å²) in [5, 5.41) is 8.51. The number of benzene rings is 1. The Labute approximate surface area is 95.4 Å². The minimum atomic E-state index is -0.956. The average Bonchev–Trinajstić information content (AvgIpc) is 2.12. The lowest BCUT2D eigenvalue weighted by molar-refractivity contribution is -0.131. The maximum Gasteiger partial charge on any atom is 0.328 e. The molecule has 0 amide bonds. The van der Waals surface area contributed by atoms with E-state index in [4.69, 9.17) is 9.84 Å². The van der Waals surface area contributed by atoms with Gasteiger partial charge in [-0.3, -0.25) is 0 Å². The number of hydrogen-bond acceptors (Lipinski definition) is 2. The topological polar surface area (TPSA) is 46.5 Å². The summed E-state index contributed by atoms with van der Waals surface area (Å²) in [6.07, 6.45) is 2.65. The van der Waals surface area contributed by atoms with Crippen LogP contribution in [0.2, 0.25) is 0 Å². The zero-order valence-corrected chi connectivity index (χ0v) is 9.73. The summed E-state index contributed by atoms with van der Waals surface area (Å²) < 4.78 is 5.67. The number of hydrogen-bond donors (Lipinski definition) is 1. The van der Waals surface area contributed by atoms with Crippen molar-refractivity contribution < 1.29 is 14.6 Å². The van der Waals surface area contributed by atoms with Crippen LogP contribution in [0.3, 0.4) is 0 Å². The molecule has 0 heterocycles. The molecule has 0 aromatic heterocycles. The minimum absolute atomic E-state index is 0.255. The standard InChI is InChI=1S/C13H16O3/c1-13(2,3)16-11-6-4-5-10(9-11)7-8-12(14)15/h4-9H,1-3H3,(H,14,15). The van der Waals surface area contributed by atoms with Gasteiger partial charge >= 0.3 is 5.97 Å². The molecule has 0 saturated heterocycles. The highest BCUT2D eigenvalue weighted by Gasteiger charge is 2.11. The summed E-state index contributed by atoms with van der Waals surface area (Å²) >= 11 is 0. The largest absolute Gasteiger partial charge is 0.488 e. The second kappa shape index (κ2) is 4.84. The fourth-order valence-corrected chi connectivity index (χ4v) is 1.20. The Bertz CT molecular complexity index is 400. The summed E-state index contributed by atoms with van der Waals surface area (Å²) in [6, 6.07) is 7.33. The van der Waals surface area contributed by atoms with Crippen molar-refractivity contribution in [1.29, 1.82) is 0 Å². The zero-order valence-electron chi connectivity index (χ0n) is 9.73. The first kappa shape index (κ1) is 12.3. The van der Waals surface area contributed by atoms with Crippen molar-refractivity contribution in [1.82, 2.24) is 0 Å². The van der Waals surface area contributed by atoms with Gasteiger partial charge in [0, 0.05) is 6.08 Å². The monoisotopic (exact) mass is 220 g/mol. The predicted octanol–water partition coefficient (Wildman–Crippen LogP) is 2.96. The molecular formula is C13H16O3. The number of ether oxygens (including phenoxy) is 1. The van der Waals surface area contributed by atoms with E-state index in [1.165, 1.54) is 6.08 Å². The molecule has 3 nitrogen and oxygen atoms in total. The third kappa shape index (κ3) is 4.64. The maximum atomic E-state index is 10.4. The molecule has 0 aliphatic rings. The van der Waals surface area contributed by atoms with E-state index in [-0.39, 0.29) is 5.60 Å². The fourth-order valence-electron chi connectivity index (χ4n) is 1.20. The first-order valence-corrected chi connectivity index (χ1v) is 5.07. The molecule has 86 valence electrons. The number of carboxylic acid groups (broad SMARTS) is 1. The van der Waals surface area contributed by atoms with Gasteiger partial charge in [0.2, 0.25) is 0 Å². The number of rotatable bonds is 3. The van der Waals surface area contributed by atoms with Gasteiger partial charge in [-0.25, -0.2) is 4.79 Å². The van der Waals surface area contributed by atoms with Crippen molar-refractivity contribution in [3.05, 3.63) is 35.9 Å². The SMILES string of the molecule is CC(C)(C)Oc1cccc(C=CC(=O)O)c1. The Morgan fingerprint density at radius 2 is 2.06 bits per heavy atom. The number of aliphatic carboxylic acids is 1. The van der Waals surface area contributed by atoms with Crippen LogP contribution in [-0.4, -0.2) is 16.7 Å². The summed E-state index contributed by atoms with van der Waals surface area (Å²) in [5.74, 6) is -0.220. The molecule has 1 aromatic carbocycles. The van der Waals surface area contributed by atoms with E-state index >= 15 is 0 Å². The van der Waals surface area contributed by atoms with Gasteiger partial charge in [0.15, 0.2) is 0 Å². The van der Waals surface area contributed by atoms with E-state index in [0.29, 0.717) is 0 Å². The zero-order chi connectivity index (χ0) is 12.2. The van der Waals surface area contributed by atoms with Crippen LogP contribution < -0.4 is 4.74 Å². The van der Waals surface area contributed by atoms with Crippen LogP contribution in [0.25, 0.3) is 6.08 Å². The van der Waals surface area contributed by atoms with Gasteiger partial charge in [-0.2, -0.15) is 0 Å². The molecule has 1 rings (SSSR count). The summed E-state index contributed by atoms with van der Waals surface area (Å²) in [7, 11) is 0. The van der Waals surface area contributed by atoms with Gasteiger partial charge in [-0.15, -0.1) is 0 Å². The Hall–Kier alpha value is -1.77. The van der Waals surface area contributed by atoms with Crippen molar-refractivity contribution in [3.8, 4) is 5.75 Å². The highest BCUT2D eigenvalue weighted by atomic mass is 16.5. The van der Waals surface area contributed by atoms with Gasteiger partial charge in [0.05, 0.1) is 0 Å². The van der Waals surface area contributed by atoms with Crippen molar-refractivity contribution in [2.45, 2.75) is 26.4 Å². The molecule has 0 spiro atoms. The Kier molecular flexibility index (Phi) is 3.72. The quantitative estimate of drug-likeness (QED) is 0.796. The molecule has 0 saturated carbocycles. The lowest BCUT2D eigenvalue weighted by atomic mass is 10.1. The average molecular weight is 220 g/mol. The van der Waals surface area contributed by atoms with Gasteiger partial charge in [0.25, 0.3) is 0 Å². The second-order valence-corrected chi connectivity index (χ2v) is 4.46. The first-order chi connectivity index (χ1) is 7.37. The highest BCUT2D eigenvalue weighted by Crippen LogP contribution is 2.19. The van der Waals surface area contributed by atoms with Crippen LogP contribution in [0.5, 0.6) is 5.75 Å². The Morgan fingerprint density at radius 3 is 2.62 bits per heavy atom. The van der Waals surface area contributed by atoms with E-state index in [0.717, 1.165) is 17.4 Å². The van der Waals surface area contributed by atoms with Crippen LogP contribution in [0, 0.1) is 0 Å². The molecular weight excluding hydrogens is 204 g/mol. The normalized spacial score (nSPS) is 11.7. The molecule has 0 bridgehead atoms. The third-order valence-electron chi connectivity index (χ3n) is 1.70. The predicted molar refractivity (Wildman–Crippen MR) is 63.5 cm³/mol. The molecule has 3 heteroatoms. The maximum absolute atomic E-state index is 10.4. The Morgan fingerprint density at radius 1 is 1.38 bits per heavy atom. The summed E-state index contributed by atoms with van der Waals surface area (Å²) in [5.41, 5.74) is 0.555. The fraction of sp³-hybridized carbons (Fsp3) is 0.308. The number of carbonyl (C=O) groups is 1. The molecule has 0 fully saturated rings. The van der Waals surface area contributed by atoms with Crippen molar-refractivity contribution in [2.24, 2.45) is 0 Å². The summed E-state index contributed by atoms with van der Waals surface area (Å²) in [6.45, 7) is 5.90. The molecule has 0 aliphatic heterocycles.